The summed E-state index contributed by atoms with van der Waals surface area (Å²) < 4.78 is 10.7. The number of anilines is 2. The van der Waals surface area contributed by atoms with Crippen molar-refractivity contribution in [3.63, 3.8) is 0 Å². The number of hydrogen-bond acceptors (Lipinski definition) is 5. The van der Waals surface area contributed by atoms with Gasteiger partial charge >= 0.3 is 0 Å². The van der Waals surface area contributed by atoms with E-state index in [1.54, 1.807) is 12.1 Å². The predicted octanol–water partition coefficient (Wildman–Crippen LogP) is 3.01. The molecule has 0 bridgehead atoms. The number of nitrogens with one attached hydrogen (secondary N) is 1. The van der Waals surface area contributed by atoms with Crippen LogP contribution < -0.4 is 19.7 Å². The molecule has 0 spiro atoms. The molecule has 0 aliphatic carbocycles. The van der Waals surface area contributed by atoms with Crippen LogP contribution in [-0.2, 0) is 11.2 Å². The highest BCUT2D eigenvalue weighted by molar-refractivity contribution is 6.05. The number of fused-ring (bicyclic) bond motifs is 2. The minimum absolute atomic E-state index is 0.117. The van der Waals surface area contributed by atoms with Crippen LogP contribution in [-0.4, -0.2) is 31.1 Å². The summed E-state index contributed by atoms with van der Waals surface area (Å²) in [5.74, 6) is 0.744. The molecule has 26 heavy (non-hydrogen) atoms. The lowest BCUT2D eigenvalue weighted by atomic mass is 10.1. The fourth-order valence-electron chi connectivity index (χ4n) is 3.55. The van der Waals surface area contributed by atoms with Gasteiger partial charge in [-0.1, -0.05) is 18.2 Å². The summed E-state index contributed by atoms with van der Waals surface area (Å²) in [5.41, 5.74) is 3.21. The molecule has 0 radical (unpaired) electrons. The van der Waals surface area contributed by atoms with Gasteiger partial charge < -0.3 is 19.7 Å². The highest BCUT2D eigenvalue weighted by atomic mass is 16.7. The quantitative estimate of drug-likeness (QED) is 0.857. The van der Waals surface area contributed by atoms with Gasteiger partial charge in [0.2, 0.25) is 12.7 Å². The second kappa shape index (κ2) is 6.37. The van der Waals surface area contributed by atoms with E-state index >= 15 is 0 Å². The zero-order valence-corrected chi connectivity index (χ0v) is 14.7. The maximum atomic E-state index is 12.7. The first kappa shape index (κ1) is 16.4. The lowest BCUT2D eigenvalue weighted by molar-refractivity contribution is -0.115. The van der Waals surface area contributed by atoms with Crippen LogP contribution in [0.1, 0.15) is 29.8 Å². The lowest BCUT2D eigenvalue weighted by Gasteiger charge is -2.24. The molecule has 1 amide bonds. The first-order valence-corrected chi connectivity index (χ1v) is 8.62. The summed E-state index contributed by atoms with van der Waals surface area (Å²) in [6.07, 6.45) is 0.923. The number of ketones is 1. The molecule has 6 heteroatoms. The Morgan fingerprint density at radius 3 is 2.69 bits per heavy atom. The maximum absolute atomic E-state index is 12.7. The number of rotatable bonds is 4. The average Bonchev–Trinajstić information content (AvgIpc) is 3.18. The second-order valence-corrected chi connectivity index (χ2v) is 6.67. The molecule has 0 saturated heterocycles. The van der Waals surface area contributed by atoms with Gasteiger partial charge in [0.05, 0.1) is 12.2 Å². The zero-order valence-electron chi connectivity index (χ0n) is 14.7. The third kappa shape index (κ3) is 2.87. The minimum Gasteiger partial charge on any atom is -0.454 e. The molecule has 2 aromatic rings. The molecule has 134 valence electrons. The number of nitrogens with zero attached hydrogens (tertiary/aromatic N) is 1. The van der Waals surface area contributed by atoms with Crippen LogP contribution in [0.4, 0.5) is 11.4 Å². The summed E-state index contributed by atoms with van der Waals surface area (Å²) in [6.45, 7) is 3.91. The van der Waals surface area contributed by atoms with Crippen molar-refractivity contribution in [3.05, 3.63) is 47.5 Å². The van der Waals surface area contributed by atoms with Gasteiger partial charge in [-0.15, -0.1) is 0 Å². The SMILES string of the molecule is CC(=O)c1cc2c(cc1NC(=O)CN1c3ccccc3C[C@@H]1C)OCO2. The number of hydrogen-bond donors (Lipinski definition) is 1. The van der Waals surface area contributed by atoms with Crippen molar-refractivity contribution in [2.45, 2.75) is 26.3 Å². The number of Topliss-reactive ketones (excluding diaryl/α,β-unsaturated/α-hetero) is 1. The fraction of sp³-hybridized carbons (Fsp3) is 0.300. The third-order valence-electron chi connectivity index (χ3n) is 4.83. The van der Waals surface area contributed by atoms with E-state index in [1.165, 1.54) is 12.5 Å². The Labute approximate surface area is 151 Å². The zero-order chi connectivity index (χ0) is 18.3. The van der Waals surface area contributed by atoms with Gasteiger partial charge in [-0.25, -0.2) is 0 Å². The van der Waals surface area contributed by atoms with Crippen LogP contribution in [0.2, 0.25) is 0 Å². The van der Waals surface area contributed by atoms with E-state index in [2.05, 4.69) is 23.2 Å². The van der Waals surface area contributed by atoms with Crippen molar-refractivity contribution in [1.29, 1.82) is 0 Å². The molecule has 0 fully saturated rings. The summed E-state index contributed by atoms with van der Waals surface area (Å²) in [7, 11) is 0. The number of para-hydroxylation sites is 1. The third-order valence-corrected chi connectivity index (χ3v) is 4.83. The molecule has 4 rings (SSSR count). The molecule has 0 unspecified atom stereocenters. The van der Waals surface area contributed by atoms with Crippen molar-refractivity contribution in [3.8, 4) is 11.5 Å². The molecule has 2 aromatic carbocycles. The molecule has 0 aromatic heterocycles. The van der Waals surface area contributed by atoms with Gasteiger partial charge in [-0.05, 0) is 38.0 Å². The molecular weight excluding hydrogens is 332 g/mol. The number of benzene rings is 2. The second-order valence-electron chi connectivity index (χ2n) is 6.67. The van der Waals surface area contributed by atoms with Gasteiger partial charge in [0.15, 0.2) is 17.3 Å². The monoisotopic (exact) mass is 352 g/mol. The van der Waals surface area contributed by atoms with E-state index < -0.39 is 0 Å². The van der Waals surface area contributed by atoms with E-state index in [4.69, 9.17) is 9.47 Å². The van der Waals surface area contributed by atoms with Gasteiger partial charge in [0, 0.05) is 23.4 Å². The van der Waals surface area contributed by atoms with E-state index in [-0.39, 0.29) is 31.1 Å². The van der Waals surface area contributed by atoms with E-state index in [0.717, 1.165) is 12.1 Å². The molecular formula is C20H20N2O4. The Balaban J connectivity index is 1.55. The number of amides is 1. The minimum atomic E-state index is -0.171. The van der Waals surface area contributed by atoms with Crippen LogP contribution in [0, 0.1) is 0 Å². The Hall–Kier alpha value is -3.02. The maximum Gasteiger partial charge on any atom is 0.243 e. The van der Waals surface area contributed by atoms with Crippen molar-refractivity contribution >= 4 is 23.1 Å². The highest BCUT2D eigenvalue weighted by Gasteiger charge is 2.28. The lowest BCUT2D eigenvalue weighted by Crippen LogP contribution is -2.37. The first-order chi connectivity index (χ1) is 12.5. The highest BCUT2D eigenvalue weighted by Crippen LogP contribution is 2.37. The van der Waals surface area contributed by atoms with Gasteiger partial charge in [0.1, 0.15) is 0 Å². The standard InChI is InChI=1S/C20H20N2O4/c1-12-7-14-5-3-4-6-17(14)22(12)10-20(24)21-16-9-19-18(25-11-26-19)8-15(16)13(2)23/h3-6,8-9,12H,7,10-11H2,1-2H3,(H,21,24)/t12-/m0/s1. The van der Waals surface area contributed by atoms with Crippen LogP contribution in [0.3, 0.4) is 0 Å². The molecule has 1 atom stereocenters. The Bertz CT molecular complexity index is 893. The van der Waals surface area contributed by atoms with Crippen LogP contribution in [0.5, 0.6) is 11.5 Å². The van der Waals surface area contributed by atoms with Gasteiger partial charge in [0.25, 0.3) is 0 Å². The van der Waals surface area contributed by atoms with Crippen LogP contribution in [0.15, 0.2) is 36.4 Å². The normalized spacial score (nSPS) is 17.2. The van der Waals surface area contributed by atoms with Crippen molar-refractivity contribution < 1.29 is 19.1 Å². The molecule has 2 aliphatic rings. The van der Waals surface area contributed by atoms with Crippen LogP contribution >= 0.6 is 0 Å². The van der Waals surface area contributed by atoms with E-state index in [1.807, 2.05) is 18.2 Å². The summed E-state index contributed by atoms with van der Waals surface area (Å²) in [5, 5.41) is 2.86. The van der Waals surface area contributed by atoms with Crippen LogP contribution in [0.25, 0.3) is 0 Å². The summed E-state index contributed by atoms with van der Waals surface area (Å²) in [4.78, 5) is 26.7. The summed E-state index contributed by atoms with van der Waals surface area (Å²) in [6, 6.07) is 11.6. The predicted molar refractivity (Wildman–Crippen MR) is 98.2 cm³/mol. The number of carbonyl (C=O) groups is 2. The van der Waals surface area contributed by atoms with Crippen molar-refractivity contribution in [2.24, 2.45) is 0 Å². The molecule has 2 aliphatic heterocycles. The Morgan fingerprint density at radius 1 is 1.19 bits per heavy atom. The number of carbonyl (C=O) groups excluding carboxylic acids is 2. The van der Waals surface area contributed by atoms with Crippen molar-refractivity contribution in [1.82, 2.24) is 0 Å². The molecule has 1 N–H and O–H groups in total. The fourth-order valence-corrected chi connectivity index (χ4v) is 3.55. The number of ether oxygens (including phenoxy) is 2. The smallest absolute Gasteiger partial charge is 0.243 e. The van der Waals surface area contributed by atoms with Gasteiger partial charge in [-0.3, -0.25) is 9.59 Å². The van der Waals surface area contributed by atoms with E-state index in [0.29, 0.717) is 22.7 Å². The van der Waals surface area contributed by atoms with Gasteiger partial charge in [-0.2, -0.15) is 0 Å². The first-order valence-electron chi connectivity index (χ1n) is 8.62. The largest absolute Gasteiger partial charge is 0.454 e. The Kier molecular flexibility index (Phi) is 4.03. The summed E-state index contributed by atoms with van der Waals surface area (Å²) >= 11 is 0. The molecule has 2 heterocycles. The average molecular weight is 352 g/mol. The van der Waals surface area contributed by atoms with Crippen molar-refractivity contribution in [2.75, 3.05) is 23.6 Å². The Morgan fingerprint density at radius 2 is 1.92 bits per heavy atom. The molecule has 0 saturated carbocycles. The van der Waals surface area contributed by atoms with E-state index in [9.17, 15) is 9.59 Å². The topological polar surface area (TPSA) is 67.9 Å². The molecule has 6 nitrogen and oxygen atoms in total.